The Morgan fingerprint density at radius 2 is 2.11 bits per heavy atom. The minimum atomic E-state index is -0.465. The fourth-order valence-electron chi connectivity index (χ4n) is 5.82. The van der Waals surface area contributed by atoms with Gasteiger partial charge < -0.3 is 15.7 Å². The molecule has 3 N–H and O–H groups in total. The van der Waals surface area contributed by atoms with Crippen molar-refractivity contribution in [1.82, 2.24) is 9.88 Å². The predicted octanol–water partition coefficient (Wildman–Crippen LogP) is 2.99. The Morgan fingerprint density at radius 1 is 1.41 bits per heavy atom. The second-order valence-corrected chi connectivity index (χ2v) is 11.3. The highest BCUT2D eigenvalue weighted by Gasteiger charge is 2.54. The van der Waals surface area contributed by atoms with Crippen LogP contribution in [-0.2, 0) is 11.2 Å². The van der Waals surface area contributed by atoms with E-state index in [1.54, 1.807) is 11.3 Å². The molecule has 7 heteroatoms. The number of hydrogen-bond acceptors (Lipinski definition) is 6. The van der Waals surface area contributed by atoms with Crippen LogP contribution in [0.15, 0.2) is 0 Å². The Bertz CT molecular complexity index is 718. The van der Waals surface area contributed by atoms with Crippen LogP contribution in [0, 0.1) is 23.2 Å². The molecular weight excluding hydrogens is 378 g/mol. The number of rotatable bonds is 2. The highest BCUT2D eigenvalue weighted by Crippen LogP contribution is 2.57. The molecule has 1 saturated carbocycles. The van der Waals surface area contributed by atoms with Crippen LogP contribution in [0.3, 0.4) is 0 Å². The summed E-state index contributed by atoms with van der Waals surface area (Å²) in [5.41, 5.74) is 7.12. The Morgan fingerprint density at radius 3 is 2.81 bits per heavy atom. The van der Waals surface area contributed by atoms with E-state index < -0.39 is 6.10 Å². The summed E-state index contributed by atoms with van der Waals surface area (Å²) in [6.45, 7) is 8.20. The second-order valence-electron chi connectivity index (χ2n) is 8.93. The number of fused-ring (bicyclic) bond motifs is 2. The number of thioether (sulfide) groups is 1. The van der Waals surface area contributed by atoms with Crippen molar-refractivity contribution in [3.05, 3.63) is 10.6 Å². The zero-order valence-electron chi connectivity index (χ0n) is 16.5. The number of thiazole rings is 1. The first-order chi connectivity index (χ1) is 12.8. The first-order valence-corrected chi connectivity index (χ1v) is 12.1. The van der Waals surface area contributed by atoms with Gasteiger partial charge in [-0.25, -0.2) is 4.98 Å². The lowest BCUT2D eigenvalue weighted by Gasteiger charge is -2.53. The van der Waals surface area contributed by atoms with Crippen LogP contribution in [0.4, 0.5) is 5.13 Å². The van der Waals surface area contributed by atoms with Gasteiger partial charge in [0.25, 0.3) is 0 Å². The Labute approximate surface area is 170 Å². The molecule has 0 aromatic carbocycles. The van der Waals surface area contributed by atoms with Crippen molar-refractivity contribution in [3.63, 3.8) is 0 Å². The zero-order chi connectivity index (χ0) is 19.3. The SMILES string of the molecule is C[C@H](C(=O)N1CCSCC1)[C@@H]1CC[C@@]2(C)Cc3sc(N)nc3[C@@H](C)[C@@H]2[C@H]1O. The van der Waals surface area contributed by atoms with Crippen molar-refractivity contribution < 1.29 is 9.90 Å². The number of carbonyl (C=O) groups is 1. The number of aliphatic hydroxyl groups is 1. The van der Waals surface area contributed by atoms with Gasteiger partial charge >= 0.3 is 0 Å². The van der Waals surface area contributed by atoms with E-state index in [-0.39, 0.29) is 35.0 Å². The van der Waals surface area contributed by atoms with Gasteiger partial charge in [0.15, 0.2) is 5.13 Å². The molecule has 150 valence electrons. The van der Waals surface area contributed by atoms with Crippen LogP contribution in [0.5, 0.6) is 0 Å². The highest BCUT2D eigenvalue weighted by atomic mass is 32.2. The van der Waals surface area contributed by atoms with Crippen LogP contribution in [-0.4, -0.2) is 51.6 Å². The molecule has 1 aromatic heterocycles. The Kier molecular flexibility index (Phi) is 5.23. The van der Waals surface area contributed by atoms with E-state index in [9.17, 15) is 9.90 Å². The lowest BCUT2D eigenvalue weighted by molar-refractivity contribution is -0.144. The minimum Gasteiger partial charge on any atom is -0.392 e. The third-order valence-corrected chi connectivity index (χ3v) is 9.14. The van der Waals surface area contributed by atoms with Crippen LogP contribution < -0.4 is 5.73 Å². The Balaban J connectivity index is 1.56. The molecule has 0 unspecified atom stereocenters. The van der Waals surface area contributed by atoms with Gasteiger partial charge in [-0.1, -0.05) is 20.8 Å². The molecule has 2 aliphatic carbocycles. The lowest BCUT2D eigenvalue weighted by Crippen LogP contribution is -2.54. The summed E-state index contributed by atoms with van der Waals surface area (Å²) in [5.74, 6) is 2.50. The highest BCUT2D eigenvalue weighted by molar-refractivity contribution is 7.99. The maximum Gasteiger partial charge on any atom is 0.225 e. The second kappa shape index (κ2) is 7.23. The van der Waals surface area contributed by atoms with Crippen LogP contribution >= 0.6 is 23.1 Å². The van der Waals surface area contributed by atoms with Gasteiger partial charge in [0.2, 0.25) is 5.91 Å². The quantitative estimate of drug-likeness (QED) is 0.785. The molecule has 6 atom stereocenters. The van der Waals surface area contributed by atoms with Gasteiger partial charge in [-0.15, -0.1) is 11.3 Å². The van der Waals surface area contributed by atoms with E-state index >= 15 is 0 Å². The molecule has 2 fully saturated rings. The van der Waals surface area contributed by atoms with Crippen molar-refractivity contribution in [2.45, 2.75) is 52.1 Å². The fourth-order valence-corrected chi connectivity index (χ4v) is 7.86. The summed E-state index contributed by atoms with van der Waals surface area (Å²) in [5, 5.41) is 12.1. The topological polar surface area (TPSA) is 79.5 Å². The molecule has 5 nitrogen and oxygen atoms in total. The van der Waals surface area contributed by atoms with Crippen molar-refractivity contribution >= 4 is 34.1 Å². The lowest BCUT2D eigenvalue weighted by atomic mass is 9.53. The molecule has 0 bridgehead atoms. The van der Waals surface area contributed by atoms with E-state index in [1.165, 1.54) is 4.88 Å². The maximum atomic E-state index is 13.0. The van der Waals surface area contributed by atoms with Crippen LogP contribution in [0.2, 0.25) is 0 Å². The van der Waals surface area contributed by atoms with Crippen molar-refractivity contribution in [2.75, 3.05) is 30.3 Å². The summed E-state index contributed by atoms with van der Waals surface area (Å²) in [4.78, 5) is 20.9. The molecule has 1 amide bonds. The van der Waals surface area contributed by atoms with Gasteiger partial charge in [0.1, 0.15) is 0 Å². The summed E-state index contributed by atoms with van der Waals surface area (Å²) in [6, 6.07) is 0. The summed E-state index contributed by atoms with van der Waals surface area (Å²) in [7, 11) is 0. The summed E-state index contributed by atoms with van der Waals surface area (Å²) in [6.07, 6.45) is 2.45. The maximum absolute atomic E-state index is 13.0. The Hall–Kier alpha value is -0.790. The average molecular weight is 410 g/mol. The number of aliphatic hydroxyl groups excluding tert-OH is 1. The van der Waals surface area contributed by atoms with Gasteiger partial charge in [-0.2, -0.15) is 11.8 Å². The monoisotopic (exact) mass is 409 g/mol. The molecule has 4 rings (SSSR count). The molecule has 2 heterocycles. The molecule has 0 radical (unpaired) electrons. The third kappa shape index (κ3) is 3.29. The van der Waals surface area contributed by atoms with Gasteiger partial charge in [0, 0.05) is 41.3 Å². The number of aromatic nitrogens is 1. The van der Waals surface area contributed by atoms with Crippen molar-refractivity contribution in [2.24, 2.45) is 23.2 Å². The third-order valence-electron chi connectivity index (χ3n) is 7.29. The molecule has 1 aliphatic heterocycles. The average Bonchev–Trinajstić information content (AvgIpc) is 3.01. The van der Waals surface area contributed by atoms with E-state index in [4.69, 9.17) is 5.73 Å². The summed E-state index contributed by atoms with van der Waals surface area (Å²) < 4.78 is 0. The number of nitrogens with two attached hydrogens (primary N) is 1. The number of anilines is 1. The smallest absolute Gasteiger partial charge is 0.225 e. The van der Waals surface area contributed by atoms with E-state index in [0.29, 0.717) is 5.13 Å². The van der Waals surface area contributed by atoms with E-state index in [2.05, 4.69) is 18.8 Å². The van der Waals surface area contributed by atoms with Crippen LogP contribution in [0.1, 0.15) is 50.1 Å². The zero-order valence-corrected chi connectivity index (χ0v) is 18.1. The molecule has 1 saturated heterocycles. The van der Waals surface area contributed by atoms with Gasteiger partial charge in [-0.3, -0.25) is 4.79 Å². The number of nitrogens with zero attached hydrogens (tertiary/aromatic N) is 2. The van der Waals surface area contributed by atoms with E-state index in [0.717, 1.165) is 49.6 Å². The van der Waals surface area contributed by atoms with Gasteiger partial charge in [0.05, 0.1) is 11.8 Å². The predicted molar refractivity (Wildman–Crippen MR) is 112 cm³/mol. The fraction of sp³-hybridized carbons (Fsp3) is 0.800. The van der Waals surface area contributed by atoms with E-state index in [1.807, 2.05) is 23.6 Å². The molecule has 1 aromatic rings. The molecule has 27 heavy (non-hydrogen) atoms. The van der Waals surface area contributed by atoms with Crippen molar-refractivity contribution in [1.29, 1.82) is 0 Å². The number of amides is 1. The first kappa shape index (κ1) is 19.5. The normalized spacial score (nSPS) is 37.4. The first-order valence-electron chi connectivity index (χ1n) is 10.1. The minimum absolute atomic E-state index is 0.0325. The van der Waals surface area contributed by atoms with Crippen LogP contribution in [0.25, 0.3) is 0 Å². The summed E-state index contributed by atoms with van der Waals surface area (Å²) >= 11 is 3.52. The molecular formula is C20H31N3O2S2. The largest absolute Gasteiger partial charge is 0.392 e. The standard InChI is InChI=1S/C20H31N3O2S2/c1-11(18(25)23-6-8-26-9-7-23)13-4-5-20(3)10-14-16(22-19(21)27-14)12(2)15(20)17(13)24/h11-13,15,17,24H,4-10H2,1-3H3,(H2,21,22)/t11-,12-,13-,15+,17-,20-/m0/s1. The van der Waals surface area contributed by atoms with Crippen molar-refractivity contribution in [3.8, 4) is 0 Å². The number of hydrogen-bond donors (Lipinski definition) is 2. The number of nitrogen functional groups attached to an aromatic ring is 1. The molecule has 3 aliphatic rings. The van der Waals surface area contributed by atoms with Gasteiger partial charge in [-0.05, 0) is 36.5 Å². The number of carbonyl (C=O) groups excluding carboxylic acids is 1. The molecule has 0 spiro atoms.